The summed E-state index contributed by atoms with van der Waals surface area (Å²) in [5.74, 6) is -0.225. The van der Waals surface area contributed by atoms with Crippen molar-refractivity contribution in [1.82, 2.24) is 10.3 Å². The minimum absolute atomic E-state index is 0.0872. The number of carbonyl (C=O) groups is 1. The van der Waals surface area contributed by atoms with Crippen LogP contribution in [0.15, 0.2) is 18.5 Å². The molecule has 2 aliphatic rings. The van der Waals surface area contributed by atoms with E-state index in [-0.39, 0.29) is 28.3 Å². The first-order chi connectivity index (χ1) is 9.36. The lowest BCUT2D eigenvalue weighted by molar-refractivity contribution is 0.0822. The monoisotopic (exact) mass is 276 g/mol. The molecule has 0 radical (unpaired) electrons. The van der Waals surface area contributed by atoms with E-state index in [1.807, 2.05) is 0 Å². The molecule has 0 saturated heterocycles. The zero-order valence-corrected chi connectivity index (χ0v) is 12.2. The number of hydrogen-bond acceptors (Lipinski definition) is 2. The van der Waals surface area contributed by atoms with Crippen molar-refractivity contribution in [1.29, 1.82) is 0 Å². The van der Waals surface area contributed by atoms with Crippen LogP contribution in [0.4, 0.5) is 4.39 Å². The summed E-state index contributed by atoms with van der Waals surface area (Å²) in [5.41, 5.74) is 0.433. The third-order valence-corrected chi connectivity index (χ3v) is 6.12. The summed E-state index contributed by atoms with van der Waals surface area (Å²) in [4.78, 5) is 16.0. The molecule has 108 valence electrons. The van der Waals surface area contributed by atoms with Gasteiger partial charge < -0.3 is 5.32 Å². The molecule has 1 aromatic heterocycles. The second-order valence-electron chi connectivity index (χ2n) is 6.99. The topological polar surface area (TPSA) is 42.0 Å². The molecule has 3 rings (SSSR count). The highest BCUT2D eigenvalue weighted by atomic mass is 19.1. The lowest BCUT2D eigenvalue weighted by atomic mass is 9.69. The number of nitrogens with zero attached hydrogens (tertiary/aromatic N) is 1. The van der Waals surface area contributed by atoms with Gasteiger partial charge in [-0.1, -0.05) is 20.8 Å². The Bertz CT molecular complexity index is 557. The Morgan fingerprint density at radius 3 is 2.75 bits per heavy atom. The maximum Gasteiger partial charge on any atom is 0.254 e. The summed E-state index contributed by atoms with van der Waals surface area (Å²) in [6, 6.07) is 1.57. The van der Waals surface area contributed by atoms with Crippen LogP contribution < -0.4 is 5.32 Å². The number of halogens is 1. The van der Waals surface area contributed by atoms with Crippen LogP contribution in [0.3, 0.4) is 0 Å². The normalized spacial score (nSPS) is 34.2. The Morgan fingerprint density at radius 1 is 1.45 bits per heavy atom. The SMILES string of the molecule is CC1(C)C2CCC1(C)C(NC(=O)c1ccncc1F)C2. The first kappa shape index (κ1) is 13.5. The van der Waals surface area contributed by atoms with Crippen LogP contribution in [0, 0.1) is 22.6 Å². The van der Waals surface area contributed by atoms with Gasteiger partial charge in [-0.25, -0.2) is 4.39 Å². The fourth-order valence-electron chi connectivity index (χ4n) is 4.22. The standard InChI is InChI=1S/C16H21FN2O/c1-15(2)10-4-6-16(15,3)13(8-10)19-14(20)11-5-7-18-9-12(11)17/h5,7,9-10,13H,4,6,8H2,1-3H3,(H,19,20). The van der Waals surface area contributed by atoms with Crippen molar-refractivity contribution in [2.45, 2.75) is 46.1 Å². The Labute approximate surface area is 119 Å². The average Bonchev–Trinajstić information content (AvgIpc) is 2.72. The van der Waals surface area contributed by atoms with Crippen LogP contribution in [-0.4, -0.2) is 16.9 Å². The molecule has 4 heteroatoms. The summed E-state index contributed by atoms with van der Waals surface area (Å²) in [5, 5.41) is 3.06. The van der Waals surface area contributed by atoms with Gasteiger partial charge in [-0.05, 0) is 42.1 Å². The average molecular weight is 276 g/mol. The molecule has 2 aliphatic carbocycles. The summed E-state index contributed by atoms with van der Waals surface area (Å²) in [6.45, 7) is 6.85. The maximum absolute atomic E-state index is 13.6. The van der Waals surface area contributed by atoms with E-state index in [2.05, 4.69) is 31.1 Å². The van der Waals surface area contributed by atoms with E-state index in [0.717, 1.165) is 19.0 Å². The van der Waals surface area contributed by atoms with E-state index in [4.69, 9.17) is 0 Å². The molecule has 3 nitrogen and oxygen atoms in total. The Kier molecular flexibility index (Phi) is 2.89. The van der Waals surface area contributed by atoms with E-state index in [0.29, 0.717) is 5.92 Å². The van der Waals surface area contributed by atoms with Crippen molar-refractivity contribution in [2.75, 3.05) is 0 Å². The molecule has 0 spiro atoms. The van der Waals surface area contributed by atoms with Gasteiger partial charge >= 0.3 is 0 Å². The number of hydrogen-bond donors (Lipinski definition) is 1. The van der Waals surface area contributed by atoms with E-state index in [9.17, 15) is 9.18 Å². The molecule has 1 aromatic rings. The molecular formula is C16H21FN2O. The van der Waals surface area contributed by atoms with Crippen molar-refractivity contribution in [2.24, 2.45) is 16.7 Å². The molecule has 20 heavy (non-hydrogen) atoms. The molecule has 3 unspecified atom stereocenters. The number of rotatable bonds is 2. The van der Waals surface area contributed by atoms with Crippen molar-refractivity contribution < 1.29 is 9.18 Å². The van der Waals surface area contributed by atoms with E-state index < -0.39 is 5.82 Å². The number of nitrogens with one attached hydrogen (secondary N) is 1. The van der Waals surface area contributed by atoms with Crippen LogP contribution in [0.2, 0.25) is 0 Å². The summed E-state index contributed by atoms with van der Waals surface area (Å²) in [7, 11) is 0. The van der Waals surface area contributed by atoms with Gasteiger partial charge in [0.25, 0.3) is 5.91 Å². The van der Waals surface area contributed by atoms with Crippen LogP contribution in [0.25, 0.3) is 0 Å². The summed E-state index contributed by atoms with van der Waals surface area (Å²) < 4.78 is 13.6. The highest BCUT2D eigenvalue weighted by Crippen LogP contribution is 2.65. The molecule has 1 N–H and O–H groups in total. The van der Waals surface area contributed by atoms with Gasteiger partial charge in [0, 0.05) is 12.2 Å². The third-order valence-electron chi connectivity index (χ3n) is 6.12. The van der Waals surface area contributed by atoms with E-state index in [1.54, 1.807) is 0 Å². The summed E-state index contributed by atoms with van der Waals surface area (Å²) in [6.07, 6.45) is 5.90. The van der Waals surface area contributed by atoms with Crippen molar-refractivity contribution in [3.05, 3.63) is 29.8 Å². The second kappa shape index (κ2) is 4.27. The number of amides is 1. The molecule has 1 heterocycles. The largest absolute Gasteiger partial charge is 0.349 e. The first-order valence-electron chi connectivity index (χ1n) is 7.26. The number of fused-ring (bicyclic) bond motifs is 2. The lowest BCUT2D eigenvalue weighted by Crippen LogP contribution is -2.47. The molecule has 2 saturated carbocycles. The quantitative estimate of drug-likeness (QED) is 0.901. The third kappa shape index (κ3) is 1.70. The molecule has 0 aliphatic heterocycles. The fourth-order valence-corrected chi connectivity index (χ4v) is 4.22. The minimum atomic E-state index is -0.558. The highest BCUT2D eigenvalue weighted by molar-refractivity contribution is 5.94. The predicted octanol–water partition coefficient (Wildman–Crippen LogP) is 3.17. The van der Waals surface area contributed by atoms with Gasteiger partial charge in [0.1, 0.15) is 0 Å². The van der Waals surface area contributed by atoms with Crippen LogP contribution >= 0.6 is 0 Å². The zero-order valence-electron chi connectivity index (χ0n) is 12.2. The second-order valence-corrected chi connectivity index (χ2v) is 6.99. The van der Waals surface area contributed by atoms with Gasteiger partial charge in [0.15, 0.2) is 5.82 Å². The molecule has 2 bridgehead atoms. The minimum Gasteiger partial charge on any atom is -0.349 e. The number of carbonyl (C=O) groups excluding carboxylic acids is 1. The van der Waals surface area contributed by atoms with Gasteiger partial charge in [-0.2, -0.15) is 0 Å². The molecular weight excluding hydrogens is 255 g/mol. The smallest absolute Gasteiger partial charge is 0.254 e. The van der Waals surface area contributed by atoms with Gasteiger partial charge in [0.05, 0.1) is 11.8 Å². The molecule has 1 amide bonds. The van der Waals surface area contributed by atoms with Gasteiger partial charge in [-0.15, -0.1) is 0 Å². The fraction of sp³-hybridized carbons (Fsp3) is 0.625. The summed E-state index contributed by atoms with van der Waals surface area (Å²) >= 11 is 0. The zero-order chi connectivity index (χ0) is 14.5. The molecule has 3 atom stereocenters. The Balaban J connectivity index is 1.81. The predicted molar refractivity (Wildman–Crippen MR) is 74.7 cm³/mol. The number of pyridine rings is 1. The Morgan fingerprint density at radius 2 is 2.20 bits per heavy atom. The van der Waals surface area contributed by atoms with Crippen molar-refractivity contribution >= 4 is 5.91 Å². The van der Waals surface area contributed by atoms with Crippen LogP contribution in [0.1, 0.15) is 50.4 Å². The van der Waals surface area contributed by atoms with Gasteiger partial charge in [0.2, 0.25) is 0 Å². The van der Waals surface area contributed by atoms with Crippen LogP contribution in [0.5, 0.6) is 0 Å². The molecule has 2 fully saturated rings. The Hall–Kier alpha value is -1.45. The first-order valence-corrected chi connectivity index (χ1v) is 7.26. The van der Waals surface area contributed by atoms with E-state index in [1.165, 1.54) is 18.7 Å². The van der Waals surface area contributed by atoms with E-state index >= 15 is 0 Å². The maximum atomic E-state index is 13.6. The van der Waals surface area contributed by atoms with Crippen molar-refractivity contribution in [3.63, 3.8) is 0 Å². The highest BCUT2D eigenvalue weighted by Gasteiger charge is 2.61. The van der Waals surface area contributed by atoms with Gasteiger partial charge in [-0.3, -0.25) is 9.78 Å². The molecule has 0 aromatic carbocycles. The van der Waals surface area contributed by atoms with Crippen molar-refractivity contribution in [3.8, 4) is 0 Å². The number of aromatic nitrogens is 1. The van der Waals surface area contributed by atoms with Crippen LogP contribution in [-0.2, 0) is 0 Å². The lowest BCUT2D eigenvalue weighted by Gasteiger charge is -2.39.